The van der Waals surface area contributed by atoms with Crippen molar-refractivity contribution in [3.05, 3.63) is 40.7 Å². The van der Waals surface area contributed by atoms with Gasteiger partial charge in [0.1, 0.15) is 18.2 Å². The largest absolute Gasteiger partial charge is 0.491 e. The van der Waals surface area contributed by atoms with Gasteiger partial charge in [-0.15, -0.1) is 0 Å². The number of thiazole rings is 1. The van der Waals surface area contributed by atoms with E-state index in [1.165, 1.54) is 6.07 Å². The van der Waals surface area contributed by atoms with Gasteiger partial charge in [0, 0.05) is 35.8 Å². The minimum atomic E-state index is -0.380. The number of halogens is 2. The molecule has 0 bridgehead atoms. The number of rotatable bonds is 1. The molecule has 6 nitrogen and oxygen atoms in total. The maximum absolute atomic E-state index is 14.1. The summed E-state index contributed by atoms with van der Waals surface area (Å²) in [6.45, 7) is 2.47. The van der Waals surface area contributed by atoms with E-state index in [0.717, 1.165) is 17.9 Å². The summed E-state index contributed by atoms with van der Waals surface area (Å²) in [4.78, 5) is 19.1. The highest BCUT2D eigenvalue weighted by atomic mass is 35.5. The third kappa shape index (κ3) is 2.71. The van der Waals surface area contributed by atoms with E-state index in [4.69, 9.17) is 22.1 Å². The average molecular weight is 419 g/mol. The van der Waals surface area contributed by atoms with Gasteiger partial charge in [-0.3, -0.25) is 4.79 Å². The Balaban J connectivity index is 1.66. The number of amides is 1. The second-order valence-corrected chi connectivity index (χ2v) is 8.26. The van der Waals surface area contributed by atoms with E-state index in [1.807, 2.05) is 4.90 Å². The molecule has 5 rings (SSSR count). The van der Waals surface area contributed by atoms with E-state index in [-0.39, 0.29) is 22.9 Å². The number of nitrogens with zero attached hydrogens (tertiary/aromatic N) is 2. The molecule has 144 valence electrons. The Kier molecular flexibility index (Phi) is 4.15. The van der Waals surface area contributed by atoms with Crippen LogP contribution in [0.4, 0.5) is 9.52 Å². The lowest BCUT2D eigenvalue weighted by atomic mass is 10.0. The lowest BCUT2D eigenvalue weighted by molar-refractivity contribution is 0.0606. The van der Waals surface area contributed by atoms with E-state index in [1.54, 1.807) is 18.2 Å². The SMILES string of the molecule is Nc1nc2c(-c3cc4c(cc3Cl)C(=O)N3CCNC[C@@H]3CO4)ccc(F)c2s1. The van der Waals surface area contributed by atoms with Gasteiger partial charge in [0.15, 0.2) is 5.13 Å². The number of nitrogens with one attached hydrogen (secondary N) is 1. The molecular weight excluding hydrogens is 403 g/mol. The molecule has 2 aromatic carbocycles. The molecule has 1 fully saturated rings. The third-order valence-corrected chi connectivity index (χ3v) is 6.35. The van der Waals surface area contributed by atoms with E-state index in [9.17, 15) is 9.18 Å². The van der Waals surface area contributed by atoms with Crippen molar-refractivity contribution in [1.29, 1.82) is 0 Å². The highest BCUT2D eigenvalue weighted by Gasteiger charge is 2.33. The number of hydrogen-bond acceptors (Lipinski definition) is 6. The Labute approximate surface area is 169 Å². The molecule has 0 radical (unpaired) electrons. The number of aromatic nitrogens is 1. The lowest BCUT2D eigenvalue weighted by Gasteiger charge is -2.33. The van der Waals surface area contributed by atoms with Crippen molar-refractivity contribution in [3.8, 4) is 16.9 Å². The van der Waals surface area contributed by atoms with Crippen molar-refractivity contribution in [1.82, 2.24) is 15.2 Å². The maximum Gasteiger partial charge on any atom is 0.258 e. The summed E-state index contributed by atoms with van der Waals surface area (Å²) in [5.74, 6) is 0.00344. The molecule has 0 saturated carbocycles. The van der Waals surface area contributed by atoms with Gasteiger partial charge in [-0.25, -0.2) is 9.37 Å². The number of benzene rings is 2. The molecule has 3 heterocycles. The molecule has 1 aromatic heterocycles. The summed E-state index contributed by atoms with van der Waals surface area (Å²) >= 11 is 7.64. The van der Waals surface area contributed by atoms with Crippen molar-refractivity contribution in [2.24, 2.45) is 0 Å². The van der Waals surface area contributed by atoms with Crippen LogP contribution in [-0.2, 0) is 0 Å². The van der Waals surface area contributed by atoms with Crippen LogP contribution in [-0.4, -0.2) is 48.1 Å². The predicted molar refractivity (Wildman–Crippen MR) is 108 cm³/mol. The Hall–Kier alpha value is -2.42. The molecule has 1 atom stereocenters. The second-order valence-electron chi connectivity index (χ2n) is 6.82. The van der Waals surface area contributed by atoms with E-state index < -0.39 is 0 Å². The van der Waals surface area contributed by atoms with Crippen LogP contribution in [0.3, 0.4) is 0 Å². The number of fused-ring (bicyclic) bond motifs is 3. The van der Waals surface area contributed by atoms with Crippen molar-refractivity contribution < 1.29 is 13.9 Å². The molecule has 28 heavy (non-hydrogen) atoms. The number of ether oxygens (including phenoxy) is 1. The van der Waals surface area contributed by atoms with Gasteiger partial charge in [-0.05, 0) is 24.3 Å². The van der Waals surface area contributed by atoms with Gasteiger partial charge in [-0.2, -0.15) is 0 Å². The molecular formula is C19H16ClFN4O2S. The summed E-state index contributed by atoms with van der Waals surface area (Å²) < 4.78 is 20.5. The predicted octanol–water partition coefficient (Wildman–Crippen LogP) is 3.14. The van der Waals surface area contributed by atoms with E-state index in [0.29, 0.717) is 57.4 Å². The van der Waals surface area contributed by atoms with Crippen LogP contribution >= 0.6 is 22.9 Å². The standard InChI is InChI=1S/C19H16ClFN4O2S/c20-13-5-12-15(27-8-9-7-23-3-4-25(9)18(12)26)6-11(13)10-1-2-14(21)17-16(10)24-19(22)28-17/h1-2,5-6,9,23H,3-4,7-8H2,(H2,22,24)/t9-/m1/s1. The lowest BCUT2D eigenvalue weighted by Crippen LogP contribution is -2.54. The zero-order valence-electron chi connectivity index (χ0n) is 14.7. The normalized spacial score (nSPS) is 19.1. The first-order valence-electron chi connectivity index (χ1n) is 8.86. The minimum absolute atomic E-state index is 0.0215. The summed E-state index contributed by atoms with van der Waals surface area (Å²) in [5, 5.41) is 3.94. The Morgan fingerprint density at radius 2 is 2.18 bits per heavy atom. The average Bonchev–Trinajstić information content (AvgIpc) is 3.03. The van der Waals surface area contributed by atoms with E-state index >= 15 is 0 Å². The fourth-order valence-corrected chi connectivity index (χ4v) is 4.80. The van der Waals surface area contributed by atoms with Crippen molar-refractivity contribution in [2.75, 3.05) is 32.0 Å². The second kappa shape index (κ2) is 6.58. The number of anilines is 1. The third-order valence-electron chi connectivity index (χ3n) is 5.14. The van der Waals surface area contributed by atoms with E-state index in [2.05, 4.69) is 10.3 Å². The molecule has 0 spiro atoms. The number of nitrogens with two attached hydrogens (primary N) is 1. The van der Waals surface area contributed by atoms with Gasteiger partial charge < -0.3 is 20.7 Å². The first kappa shape index (κ1) is 17.7. The number of piperazine rings is 1. The van der Waals surface area contributed by atoms with Gasteiger partial charge in [0.2, 0.25) is 0 Å². The zero-order chi connectivity index (χ0) is 19.4. The molecule has 0 aliphatic carbocycles. The summed E-state index contributed by atoms with van der Waals surface area (Å²) in [6.07, 6.45) is 0. The molecule has 2 aliphatic heterocycles. The van der Waals surface area contributed by atoms with Gasteiger partial charge in [-0.1, -0.05) is 22.9 Å². The van der Waals surface area contributed by atoms with Crippen LogP contribution in [0.2, 0.25) is 5.02 Å². The van der Waals surface area contributed by atoms with Gasteiger partial charge in [0.25, 0.3) is 5.91 Å². The highest BCUT2D eigenvalue weighted by Crippen LogP contribution is 2.41. The van der Waals surface area contributed by atoms with Crippen LogP contribution < -0.4 is 15.8 Å². The fourth-order valence-electron chi connectivity index (χ4n) is 3.77. The number of nitrogen functional groups attached to an aromatic ring is 1. The minimum Gasteiger partial charge on any atom is -0.491 e. The molecule has 3 aromatic rings. The Morgan fingerprint density at radius 1 is 1.32 bits per heavy atom. The topological polar surface area (TPSA) is 80.5 Å². The molecule has 1 saturated heterocycles. The van der Waals surface area contributed by atoms with Crippen molar-refractivity contribution in [3.63, 3.8) is 0 Å². The summed E-state index contributed by atoms with van der Waals surface area (Å²) in [7, 11) is 0. The number of hydrogen-bond donors (Lipinski definition) is 2. The Bertz CT molecular complexity index is 1120. The first-order chi connectivity index (χ1) is 13.5. The summed E-state index contributed by atoms with van der Waals surface area (Å²) in [5.41, 5.74) is 7.95. The van der Waals surface area contributed by atoms with Crippen LogP contribution in [0.25, 0.3) is 21.3 Å². The maximum atomic E-state index is 14.1. The van der Waals surface area contributed by atoms with Gasteiger partial charge >= 0.3 is 0 Å². The molecule has 9 heteroatoms. The number of carbonyl (C=O) groups is 1. The highest BCUT2D eigenvalue weighted by molar-refractivity contribution is 7.22. The van der Waals surface area contributed by atoms with Crippen LogP contribution in [0, 0.1) is 5.82 Å². The quantitative estimate of drug-likeness (QED) is 0.634. The smallest absolute Gasteiger partial charge is 0.258 e. The fraction of sp³-hybridized carbons (Fsp3) is 0.263. The van der Waals surface area contributed by atoms with Gasteiger partial charge in [0.05, 0.1) is 21.8 Å². The number of carbonyl (C=O) groups excluding carboxylic acids is 1. The van der Waals surface area contributed by atoms with Crippen LogP contribution in [0.15, 0.2) is 24.3 Å². The van der Waals surface area contributed by atoms with Crippen LogP contribution in [0.1, 0.15) is 10.4 Å². The first-order valence-corrected chi connectivity index (χ1v) is 10.1. The monoisotopic (exact) mass is 418 g/mol. The van der Waals surface area contributed by atoms with Crippen molar-refractivity contribution in [2.45, 2.75) is 6.04 Å². The molecule has 3 N–H and O–H groups in total. The zero-order valence-corrected chi connectivity index (χ0v) is 16.2. The molecule has 2 aliphatic rings. The molecule has 1 amide bonds. The van der Waals surface area contributed by atoms with Crippen LogP contribution in [0.5, 0.6) is 5.75 Å². The Morgan fingerprint density at radius 3 is 3.04 bits per heavy atom. The summed E-state index contributed by atoms with van der Waals surface area (Å²) in [6, 6.07) is 6.34. The molecule has 0 unspecified atom stereocenters. The van der Waals surface area contributed by atoms with Crippen molar-refractivity contribution >= 4 is 44.2 Å².